The molecule has 0 unspecified atom stereocenters. The van der Waals surface area contributed by atoms with Crippen LogP contribution in [0.3, 0.4) is 0 Å². The smallest absolute Gasteiger partial charge is 0.267 e. The van der Waals surface area contributed by atoms with E-state index < -0.39 is 15.5 Å². The molecule has 2 rings (SSSR count). The summed E-state index contributed by atoms with van der Waals surface area (Å²) in [6.07, 6.45) is 2.52. The fourth-order valence-corrected chi connectivity index (χ4v) is 2.96. The molecule has 1 aromatic heterocycles. The van der Waals surface area contributed by atoms with Gasteiger partial charge in [-0.1, -0.05) is 11.6 Å². The number of hydrogen-bond donors (Lipinski definition) is 2. The first-order valence-electron chi connectivity index (χ1n) is 5.36. The van der Waals surface area contributed by atoms with Crippen LogP contribution < -0.4 is 10.2 Å². The molecule has 0 spiro atoms. The van der Waals surface area contributed by atoms with Crippen LogP contribution in [0.4, 0.5) is 5.69 Å². The number of aryl methyl sites for hydroxylation is 1. The van der Waals surface area contributed by atoms with Crippen molar-refractivity contribution < 1.29 is 8.42 Å². The summed E-state index contributed by atoms with van der Waals surface area (Å²) in [6, 6.07) is 5.91. The second-order valence-electron chi connectivity index (χ2n) is 3.94. The molecule has 0 aliphatic rings. The first-order chi connectivity index (χ1) is 8.90. The molecule has 0 fully saturated rings. The van der Waals surface area contributed by atoms with Gasteiger partial charge < -0.3 is 4.98 Å². The molecule has 5 nitrogen and oxygen atoms in total. The lowest BCUT2D eigenvalue weighted by Gasteiger charge is -2.10. The van der Waals surface area contributed by atoms with E-state index in [4.69, 9.17) is 11.6 Å². The van der Waals surface area contributed by atoms with Crippen LogP contribution in [0.5, 0.6) is 0 Å². The van der Waals surface area contributed by atoms with Gasteiger partial charge in [0.15, 0.2) is 4.90 Å². The van der Waals surface area contributed by atoms with Crippen molar-refractivity contribution >= 4 is 27.3 Å². The molecule has 0 radical (unpaired) electrons. The van der Waals surface area contributed by atoms with Gasteiger partial charge in [0.25, 0.3) is 10.0 Å². The molecule has 0 bridgehead atoms. The summed E-state index contributed by atoms with van der Waals surface area (Å²) in [5, 5.41) is 0.512. The minimum absolute atomic E-state index is 0.329. The van der Waals surface area contributed by atoms with E-state index in [1.807, 2.05) is 0 Å². The van der Waals surface area contributed by atoms with Gasteiger partial charge in [-0.05, 0) is 30.7 Å². The Labute approximate surface area is 115 Å². The predicted molar refractivity (Wildman–Crippen MR) is 74.1 cm³/mol. The third-order valence-electron chi connectivity index (χ3n) is 2.51. The maximum Gasteiger partial charge on any atom is 0.267 e. The third-order valence-corrected chi connectivity index (χ3v) is 4.13. The normalized spacial score (nSPS) is 11.3. The number of rotatable bonds is 3. The molecular weight excluding hydrogens is 288 g/mol. The van der Waals surface area contributed by atoms with Crippen molar-refractivity contribution in [2.24, 2.45) is 0 Å². The second kappa shape index (κ2) is 5.07. The van der Waals surface area contributed by atoms with E-state index in [-0.39, 0.29) is 4.90 Å². The number of anilines is 1. The lowest BCUT2D eigenvalue weighted by molar-refractivity contribution is 0.600. The molecule has 2 aromatic rings. The molecule has 7 heteroatoms. The Bertz CT molecular complexity index is 769. The van der Waals surface area contributed by atoms with E-state index in [9.17, 15) is 13.2 Å². The van der Waals surface area contributed by atoms with E-state index in [0.717, 1.165) is 12.3 Å². The van der Waals surface area contributed by atoms with E-state index >= 15 is 0 Å². The maximum atomic E-state index is 12.1. The number of hydrogen-bond acceptors (Lipinski definition) is 3. The molecule has 19 heavy (non-hydrogen) atoms. The summed E-state index contributed by atoms with van der Waals surface area (Å²) in [7, 11) is -3.92. The van der Waals surface area contributed by atoms with E-state index in [1.165, 1.54) is 6.20 Å². The van der Waals surface area contributed by atoms with Crippen LogP contribution in [0.2, 0.25) is 5.02 Å². The van der Waals surface area contributed by atoms with E-state index in [1.54, 1.807) is 25.1 Å². The predicted octanol–water partition coefficient (Wildman–Crippen LogP) is 2.14. The summed E-state index contributed by atoms with van der Waals surface area (Å²) in [5.41, 5.74) is 0.481. The Kier molecular flexibility index (Phi) is 3.64. The largest absolute Gasteiger partial charge is 0.366 e. The number of halogens is 1. The Morgan fingerprint density at radius 2 is 2.00 bits per heavy atom. The quantitative estimate of drug-likeness (QED) is 0.911. The fraction of sp³-hybridized carbons (Fsp3) is 0.0833. The molecule has 0 saturated carbocycles. The summed E-state index contributed by atoms with van der Waals surface area (Å²) in [4.78, 5) is 13.8. The molecule has 0 amide bonds. The zero-order valence-corrected chi connectivity index (χ0v) is 11.5. The Morgan fingerprint density at radius 3 is 2.63 bits per heavy atom. The average molecular weight is 299 g/mol. The van der Waals surface area contributed by atoms with Crippen molar-refractivity contribution in [1.82, 2.24) is 4.98 Å². The first-order valence-corrected chi connectivity index (χ1v) is 7.22. The van der Waals surface area contributed by atoms with Crippen LogP contribution >= 0.6 is 11.6 Å². The number of nitrogens with one attached hydrogen (secondary N) is 2. The van der Waals surface area contributed by atoms with Gasteiger partial charge in [-0.3, -0.25) is 9.52 Å². The van der Waals surface area contributed by atoms with Crippen molar-refractivity contribution in [1.29, 1.82) is 0 Å². The minimum Gasteiger partial charge on any atom is -0.366 e. The molecule has 0 atom stereocenters. The molecule has 2 N–H and O–H groups in total. The molecule has 0 aliphatic heterocycles. The van der Waals surface area contributed by atoms with Crippen LogP contribution in [0.1, 0.15) is 5.56 Å². The highest BCUT2D eigenvalue weighted by atomic mass is 35.5. The van der Waals surface area contributed by atoms with Gasteiger partial charge in [0, 0.05) is 23.5 Å². The van der Waals surface area contributed by atoms with Crippen molar-refractivity contribution in [3.63, 3.8) is 0 Å². The Balaban J connectivity index is 2.43. The summed E-state index contributed by atoms with van der Waals surface area (Å²) in [6.45, 7) is 1.72. The van der Waals surface area contributed by atoms with Crippen LogP contribution in [0.15, 0.2) is 46.3 Å². The number of aromatic amines is 1. The van der Waals surface area contributed by atoms with Crippen molar-refractivity contribution in [3.05, 3.63) is 57.5 Å². The molecule has 0 saturated heterocycles. The van der Waals surface area contributed by atoms with Crippen LogP contribution in [-0.4, -0.2) is 13.4 Å². The minimum atomic E-state index is -3.92. The summed E-state index contributed by atoms with van der Waals surface area (Å²) in [5.74, 6) is 0. The zero-order chi connectivity index (χ0) is 14.0. The van der Waals surface area contributed by atoms with Crippen molar-refractivity contribution in [3.8, 4) is 0 Å². The Morgan fingerprint density at radius 1 is 1.26 bits per heavy atom. The average Bonchev–Trinajstić information content (AvgIpc) is 2.33. The van der Waals surface area contributed by atoms with Gasteiger partial charge in [0.1, 0.15) is 0 Å². The summed E-state index contributed by atoms with van der Waals surface area (Å²) >= 11 is 5.80. The molecule has 1 aromatic carbocycles. The number of pyridine rings is 1. The number of benzene rings is 1. The maximum absolute atomic E-state index is 12.1. The van der Waals surface area contributed by atoms with Gasteiger partial charge in [-0.2, -0.15) is 0 Å². The number of aromatic nitrogens is 1. The van der Waals surface area contributed by atoms with Crippen LogP contribution in [-0.2, 0) is 10.0 Å². The standard InChI is InChI=1S/C12H11ClN2O3S/c1-8-6-9(13)2-3-10(8)15-19(17,18)12-7-14-5-4-11(12)16/h2-7,15H,1H3,(H,14,16). The molecule has 1 heterocycles. The van der Waals surface area contributed by atoms with Crippen molar-refractivity contribution in [2.45, 2.75) is 11.8 Å². The SMILES string of the molecule is Cc1cc(Cl)ccc1NS(=O)(=O)c1c[nH]ccc1=O. The lowest BCUT2D eigenvalue weighted by atomic mass is 10.2. The monoisotopic (exact) mass is 298 g/mol. The zero-order valence-electron chi connectivity index (χ0n) is 9.98. The topological polar surface area (TPSA) is 79.0 Å². The summed E-state index contributed by atoms with van der Waals surface area (Å²) < 4.78 is 26.6. The van der Waals surface area contributed by atoms with Gasteiger partial charge in [-0.25, -0.2) is 8.42 Å². The highest BCUT2D eigenvalue weighted by Gasteiger charge is 2.18. The second-order valence-corrected chi connectivity index (χ2v) is 6.02. The molecule has 0 aliphatic carbocycles. The van der Waals surface area contributed by atoms with E-state index in [0.29, 0.717) is 16.3 Å². The molecular formula is C12H11ClN2O3S. The van der Waals surface area contributed by atoms with Gasteiger partial charge in [0.2, 0.25) is 5.43 Å². The third kappa shape index (κ3) is 2.97. The highest BCUT2D eigenvalue weighted by molar-refractivity contribution is 7.92. The number of H-pyrrole nitrogens is 1. The fourth-order valence-electron chi connectivity index (χ4n) is 1.55. The lowest BCUT2D eigenvalue weighted by Crippen LogP contribution is -2.21. The Hall–Kier alpha value is -1.79. The number of sulfonamides is 1. The molecule has 100 valence electrons. The van der Waals surface area contributed by atoms with Gasteiger partial charge in [0.05, 0.1) is 5.69 Å². The van der Waals surface area contributed by atoms with Crippen LogP contribution in [0, 0.1) is 6.92 Å². The van der Waals surface area contributed by atoms with E-state index in [2.05, 4.69) is 9.71 Å². The van der Waals surface area contributed by atoms with Gasteiger partial charge >= 0.3 is 0 Å². The first kappa shape index (κ1) is 13.6. The van der Waals surface area contributed by atoms with Crippen LogP contribution in [0.25, 0.3) is 0 Å². The van der Waals surface area contributed by atoms with Crippen molar-refractivity contribution in [2.75, 3.05) is 4.72 Å². The van der Waals surface area contributed by atoms with Gasteiger partial charge in [-0.15, -0.1) is 0 Å². The highest BCUT2D eigenvalue weighted by Crippen LogP contribution is 2.21.